The molecule has 2 aliphatic rings. The van der Waals surface area contributed by atoms with Crippen LogP contribution in [0.25, 0.3) is 0 Å². The highest BCUT2D eigenvalue weighted by atomic mass is 32.2. The number of hydrogen-bond donors (Lipinski definition) is 1. The lowest BCUT2D eigenvalue weighted by atomic mass is 10.1. The minimum absolute atomic E-state index is 0.0911. The van der Waals surface area contributed by atoms with E-state index in [1.165, 1.54) is 0 Å². The summed E-state index contributed by atoms with van der Waals surface area (Å²) in [5.74, 6) is -0.0112. The number of hydrogen-bond acceptors (Lipinski definition) is 4. The number of rotatable bonds is 1. The van der Waals surface area contributed by atoms with Crippen LogP contribution in [0.5, 0.6) is 0 Å². The first-order valence-electron chi connectivity index (χ1n) is 6.25. The van der Waals surface area contributed by atoms with Crippen molar-refractivity contribution in [2.24, 2.45) is 0 Å². The number of nitrogens with zero attached hydrogens (tertiary/aromatic N) is 1. The van der Waals surface area contributed by atoms with E-state index in [1.54, 1.807) is 4.90 Å². The molecule has 2 aliphatic heterocycles. The van der Waals surface area contributed by atoms with E-state index in [4.69, 9.17) is 0 Å². The Morgan fingerprint density at radius 2 is 2.12 bits per heavy atom. The first kappa shape index (κ1) is 12.8. The highest BCUT2D eigenvalue weighted by Crippen LogP contribution is 2.22. The van der Waals surface area contributed by atoms with E-state index in [2.05, 4.69) is 5.32 Å². The topological polar surface area (TPSA) is 66.5 Å². The van der Waals surface area contributed by atoms with Crippen LogP contribution in [0, 0.1) is 0 Å². The molecule has 0 aromatic carbocycles. The Morgan fingerprint density at radius 1 is 1.35 bits per heavy atom. The third kappa shape index (κ3) is 2.63. The largest absolute Gasteiger partial charge is 0.336 e. The third-order valence-electron chi connectivity index (χ3n) is 3.64. The molecule has 17 heavy (non-hydrogen) atoms. The fourth-order valence-electron chi connectivity index (χ4n) is 2.59. The first-order valence-corrected chi connectivity index (χ1v) is 7.96. The molecular weight excluding hydrogens is 240 g/mol. The molecule has 2 unspecified atom stereocenters. The third-order valence-corrected chi connectivity index (χ3v) is 5.80. The van der Waals surface area contributed by atoms with Gasteiger partial charge in [0.2, 0.25) is 5.91 Å². The second kappa shape index (κ2) is 4.94. The van der Waals surface area contributed by atoms with Gasteiger partial charge >= 0.3 is 0 Å². The highest BCUT2D eigenvalue weighted by molar-refractivity contribution is 7.92. The molecule has 5 nitrogen and oxygen atoms in total. The molecule has 0 bridgehead atoms. The van der Waals surface area contributed by atoms with Crippen molar-refractivity contribution in [3.05, 3.63) is 0 Å². The molecule has 1 amide bonds. The number of amides is 1. The van der Waals surface area contributed by atoms with E-state index in [0.29, 0.717) is 19.4 Å². The number of carbonyl (C=O) groups excluding carboxylic acids is 1. The zero-order valence-electron chi connectivity index (χ0n) is 10.2. The van der Waals surface area contributed by atoms with Gasteiger partial charge in [-0.15, -0.1) is 0 Å². The van der Waals surface area contributed by atoms with Gasteiger partial charge in [-0.1, -0.05) is 6.42 Å². The smallest absolute Gasteiger partial charge is 0.241 e. The maximum atomic E-state index is 12.3. The predicted octanol–water partition coefficient (Wildman–Crippen LogP) is -0.226. The quantitative estimate of drug-likeness (QED) is 0.707. The van der Waals surface area contributed by atoms with Crippen LogP contribution in [0.15, 0.2) is 0 Å². The van der Waals surface area contributed by atoms with Gasteiger partial charge in [-0.2, -0.15) is 0 Å². The van der Waals surface area contributed by atoms with Gasteiger partial charge in [0.25, 0.3) is 0 Å². The molecule has 0 spiro atoms. The fraction of sp³-hybridized carbons (Fsp3) is 0.909. The maximum Gasteiger partial charge on any atom is 0.241 e. The molecule has 0 saturated carbocycles. The molecule has 2 rings (SSSR count). The van der Waals surface area contributed by atoms with Crippen LogP contribution in [0.2, 0.25) is 0 Å². The first-order chi connectivity index (χ1) is 8.02. The van der Waals surface area contributed by atoms with Crippen molar-refractivity contribution in [3.63, 3.8) is 0 Å². The molecule has 98 valence electrons. The summed E-state index contributed by atoms with van der Waals surface area (Å²) in [6.07, 6.45) is 2.04. The summed E-state index contributed by atoms with van der Waals surface area (Å²) in [4.78, 5) is 14.0. The Bertz CT molecular complexity index is 394. The Balaban J connectivity index is 2.13. The van der Waals surface area contributed by atoms with Crippen LogP contribution in [-0.2, 0) is 14.6 Å². The zero-order chi connectivity index (χ0) is 12.5. The van der Waals surface area contributed by atoms with Crippen LogP contribution < -0.4 is 5.32 Å². The van der Waals surface area contributed by atoms with Gasteiger partial charge in [0.05, 0.1) is 5.75 Å². The van der Waals surface area contributed by atoms with E-state index < -0.39 is 15.1 Å². The molecule has 6 heteroatoms. The maximum absolute atomic E-state index is 12.3. The van der Waals surface area contributed by atoms with E-state index in [-0.39, 0.29) is 17.7 Å². The summed E-state index contributed by atoms with van der Waals surface area (Å²) in [6.45, 7) is 4.08. The van der Waals surface area contributed by atoms with Crippen molar-refractivity contribution in [1.29, 1.82) is 0 Å². The summed E-state index contributed by atoms with van der Waals surface area (Å²) < 4.78 is 23.8. The standard InChI is InChI=1S/C11H20N2O3S/c1-9-8-12-5-6-13(9)11(14)10-4-2-3-7-17(10,15)16/h9-10,12H,2-8H2,1H3. The van der Waals surface area contributed by atoms with Gasteiger partial charge in [0, 0.05) is 25.7 Å². The Kier molecular flexibility index (Phi) is 3.73. The van der Waals surface area contributed by atoms with Crippen molar-refractivity contribution in [1.82, 2.24) is 10.2 Å². The van der Waals surface area contributed by atoms with Crippen molar-refractivity contribution < 1.29 is 13.2 Å². The normalized spacial score (nSPS) is 33.4. The number of sulfone groups is 1. The van der Waals surface area contributed by atoms with Crippen LogP contribution in [0.4, 0.5) is 0 Å². The zero-order valence-corrected chi connectivity index (χ0v) is 11.0. The number of piperazine rings is 1. The Labute approximate surface area is 102 Å². The molecule has 1 N–H and O–H groups in total. The van der Waals surface area contributed by atoms with Crippen molar-refractivity contribution in [3.8, 4) is 0 Å². The van der Waals surface area contributed by atoms with Gasteiger partial charge in [0.1, 0.15) is 5.25 Å². The summed E-state index contributed by atoms with van der Waals surface area (Å²) in [6, 6.07) is 0.0911. The highest BCUT2D eigenvalue weighted by Gasteiger charge is 2.39. The monoisotopic (exact) mass is 260 g/mol. The average molecular weight is 260 g/mol. The average Bonchev–Trinajstić information content (AvgIpc) is 2.28. The van der Waals surface area contributed by atoms with Crippen molar-refractivity contribution >= 4 is 15.7 Å². The van der Waals surface area contributed by atoms with Crippen LogP contribution >= 0.6 is 0 Å². The Hall–Kier alpha value is -0.620. The lowest BCUT2D eigenvalue weighted by molar-refractivity contribution is -0.133. The van der Waals surface area contributed by atoms with E-state index >= 15 is 0 Å². The van der Waals surface area contributed by atoms with Gasteiger partial charge in [-0.25, -0.2) is 8.42 Å². The minimum Gasteiger partial charge on any atom is -0.336 e. The van der Waals surface area contributed by atoms with Crippen LogP contribution in [-0.4, -0.2) is 55.9 Å². The van der Waals surface area contributed by atoms with Crippen LogP contribution in [0.3, 0.4) is 0 Å². The van der Waals surface area contributed by atoms with Gasteiger partial charge in [-0.3, -0.25) is 4.79 Å². The van der Waals surface area contributed by atoms with E-state index in [9.17, 15) is 13.2 Å². The second-order valence-electron chi connectivity index (χ2n) is 4.94. The number of carbonyl (C=O) groups is 1. The molecule has 2 fully saturated rings. The molecule has 0 aromatic heterocycles. The van der Waals surface area contributed by atoms with E-state index in [1.807, 2.05) is 6.92 Å². The predicted molar refractivity (Wildman–Crippen MR) is 65.5 cm³/mol. The molecule has 2 heterocycles. The van der Waals surface area contributed by atoms with Gasteiger partial charge in [-0.05, 0) is 19.8 Å². The second-order valence-corrected chi connectivity index (χ2v) is 7.24. The number of nitrogens with one attached hydrogen (secondary N) is 1. The fourth-order valence-corrected chi connectivity index (χ4v) is 4.44. The summed E-state index contributed by atoms with van der Waals surface area (Å²) in [7, 11) is -3.21. The molecule has 0 aliphatic carbocycles. The Morgan fingerprint density at radius 3 is 2.76 bits per heavy atom. The SMILES string of the molecule is CC1CNCCN1C(=O)C1CCCCS1(=O)=O. The van der Waals surface area contributed by atoms with E-state index in [0.717, 1.165) is 19.5 Å². The molecule has 0 radical (unpaired) electrons. The van der Waals surface area contributed by atoms with Crippen LogP contribution in [0.1, 0.15) is 26.2 Å². The van der Waals surface area contributed by atoms with Crippen molar-refractivity contribution in [2.75, 3.05) is 25.4 Å². The molecular formula is C11H20N2O3S. The molecule has 0 aromatic rings. The molecule has 2 saturated heterocycles. The minimum atomic E-state index is -3.21. The van der Waals surface area contributed by atoms with Crippen molar-refractivity contribution in [2.45, 2.75) is 37.5 Å². The van der Waals surface area contributed by atoms with Gasteiger partial charge < -0.3 is 10.2 Å². The van der Waals surface area contributed by atoms with Gasteiger partial charge in [0.15, 0.2) is 9.84 Å². The summed E-state index contributed by atoms with van der Waals surface area (Å²) in [5, 5.41) is 2.42. The summed E-state index contributed by atoms with van der Waals surface area (Å²) >= 11 is 0. The lowest BCUT2D eigenvalue weighted by Crippen LogP contribution is -2.56. The summed E-state index contributed by atoms with van der Waals surface area (Å²) in [5.41, 5.74) is 0. The lowest BCUT2D eigenvalue weighted by Gasteiger charge is -2.36. The molecule has 2 atom stereocenters.